The summed E-state index contributed by atoms with van der Waals surface area (Å²) in [5.41, 5.74) is 2.59. The predicted molar refractivity (Wildman–Crippen MR) is 73.6 cm³/mol. The first-order valence-corrected chi connectivity index (χ1v) is 6.45. The summed E-state index contributed by atoms with van der Waals surface area (Å²) >= 11 is 0. The minimum absolute atomic E-state index is 0.494. The van der Waals surface area contributed by atoms with Gasteiger partial charge in [0.1, 0.15) is 0 Å². The Balaban J connectivity index is 1.97. The van der Waals surface area contributed by atoms with Gasteiger partial charge in [-0.15, -0.1) is 0 Å². The molecule has 4 nitrogen and oxygen atoms in total. The van der Waals surface area contributed by atoms with Crippen molar-refractivity contribution < 1.29 is 0 Å². The molecule has 1 aliphatic heterocycles. The number of rotatable bonds is 1. The van der Waals surface area contributed by atoms with Crippen LogP contribution >= 0.6 is 0 Å². The first kappa shape index (κ1) is 11.7. The lowest BCUT2D eigenvalue weighted by atomic mass is 10.0. The van der Waals surface area contributed by atoms with E-state index in [1.807, 2.05) is 17.9 Å². The van der Waals surface area contributed by atoms with E-state index in [9.17, 15) is 0 Å². The van der Waals surface area contributed by atoms with Crippen LogP contribution in [0.4, 0.5) is 0 Å². The van der Waals surface area contributed by atoms with E-state index in [1.54, 1.807) is 0 Å². The molecule has 0 amide bonds. The molecule has 1 aliphatic rings. The standard InChI is InChI=1S/C14H20N4/c1-16-6-7-17(2)14(10-16)11-4-5-13-12(8-11)9-15-18(13)3/h4-5,8-9,14H,6-7,10H2,1-3H3/t14-/m0/s1. The summed E-state index contributed by atoms with van der Waals surface area (Å²) in [6, 6.07) is 7.20. The van der Waals surface area contributed by atoms with Crippen LogP contribution < -0.4 is 0 Å². The van der Waals surface area contributed by atoms with Crippen molar-refractivity contribution in [1.82, 2.24) is 19.6 Å². The van der Waals surface area contributed by atoms with Crippen molar-refractivity contribution in [3.05, 3.63) is 30.0 Å². The Labute approximate surface area is 108 Å². The first-order valence-electron chi connectivity index (χ1n) is 6.45. The van der Waals surface area contributed by atoms with Crippen LogP contribution in [0.15, 0.2) is 24.4 Å². The van der Waals surface area contributed by atoms with Crippen molar-refractivity contribution in [1.29, 1.82) is 0 Å². The normalized spacial score (nSPS) is 22.7. The number of aromatic nitrogens is 2. The second-order valence-electron chi connectivity index (χ2n) is 5.35. The SMILES string of the molecule is CN1CCN(C)[C@H](c2ccc3c(cnn3C)c2)C1. The predicted octanol–water partition coefficient (Wildman–Crippen LogP) is 1.49. The summed E-state index contributed by atoms with van der Waals surface area (Å²) in [4.78, 5) is 4.84. The van der Waals surface area contributed by atoms with Crippen molar-refractivity contribution in [2.75, 3.05) is 33.7 Å². The highest BCUT2D eigenvalue weighted by atomic mass is 15.3. The molecule has 4 heteroatoms. The molecule has 0 radical (unpaired) electrons. The topological polar surface area (TPSA) is 24.3 Å². The van der Waals surface area contributed by atoms with E-state index >= 15 is 0 Å². The number of likely N-dealkylation sites (N-methyl/N-ethyl adjacent to an activating group) is 2. The van der Waals surface area contributed by atoms with Gasteiger partial charge in [0.2, 0.25) is 0 Å². The Morgan fingerprint density at radius 1 is 1.17 bits per heavy atom. The number of aryl methyl sites for hydroxylation is 1. The minimum atomic E-state index is 0.494. The van der Waals surface area contributed by atoms with E-state index in [1.165, 1.54) is 16.5 Å². The molecule has 2 heterocycles. The highest BCUT2D eigenvalue weighted by Crippen LogP contribution is 2.26. The molecule has 1 saturated heterocycles. The Morgan fingerprint density at radius 2 is 2.00 bits per heavy atom. The van der Waals surface area contributed by atoms with Gasteiger partial charge in [-0.1, -0.05) is 6.07 Å². The summed E-state index contributed by atoms with van der Waals surface area (Å²) < 4.78 is 1.93. The Kier molecular flexibility index (Phi) is 2.84. The number of hydrogen-bond donors (Lipinski definition) is 0. The van der Waals surface area contributed by atoms with Crippen molar-refractivity contribution in [3.63, 3.8) is 0 Å². The van der Waals surface area contributed by atoms with E-state index in [0.29, 0.717) is 6.04 Å². The lowest BCUT2D eigenvalue weighted by Crippen LogP contribution is -2.44. The molecule has 2 aromatic rings. The molecule has 3 rings (SSSR count). The molecule has 0 spiro atoms. The van der Waals surface area contributed by atoms with Gasteiger partial charge in [0.25, 0.3) is 0 Å². The highest BCUT2D eigenvalue weighted by molar-refractivity contribution is 5.79. The summed E-state index contributed by atoms with van der Waals surface area (Å²) in [6.45, 7) is 3.39. The summed E-state index contributed by atoms with van der Waals surface area (Å²) in [6.07, 6.45) is 1.95. The number of fused-ring (bicyclic) bond motifs is 1. The van der Waals surface area contributed by atoms with Gasteiger partial charge < -0.3 is 4.90 Å². The van der Waals surface area contributed by atoms with Crippen LogP contribution in [0.1, 0.15) is 11.6 Å². The largest absolute Gasteiger partial charge is 0.303 e. The summed E-state index contributed by atoms with van der Waals surface area (Å²) in [5, 5.41) is 5.54. The molecular weight excluding hydrogens is 224 g/mol. The van der Waals surface area contributed by atoms with Crippen LogP contribution in [0.25, 0.3) is 10.9 Å². The van der Waals surface area contributed by atoms with Crippen molar-refractivity contribution in [2.24, 2.45) is 7.05 Å². The maximum atomic E-state index is 4.31. The van der Waals surface area contributed by atoms with E-state index in [0.717, 1.165) is 19.6 Å². The van der Waals surface area contributed by atoms with Crippen LogP contribution in [0, 0.1) is 0 Å². The van der Waals surface area contributed by atoms with Gasteiger partial charge >= 0.3 is 0 Å². The maximum absolute atomic E-state index is 4.31. The zero-order valence-corrected chi connectivity index (χ0v) is 11.3. The Bertz CT molecular complexity index is 560. The van der Waals surface area contributed by atoms with Gasteiger partial charge in [-0.05, 0) is 31.8 Å². The molecule has 0 unspecified atom stereocenters. The quantitative estimate of drug-likeness (QED) is 0.759. The third kappa shape index (κ3) is 1.91. The minimum Gasteiger partial charge on any atom is -0.303 e. The molecule has 0 saturated carbocycles. The monoisotopic (exact) mass is 244 g/mol. The fourth-order valence-electron chi connectivity index (χ4n) is 2.76. The van der Waals surface area contributed by atoms with Gasteiger partial charge in [0, 0.05) is 38.1 Å². The summed E-state index contributed by atoms with van der Waals surface area (Å²) in [5.74, 6) is 0. The average molecular weight is 244 g/mol. The number of benzene rings is 1. The zero-order valence-electron chi connectivity index (χ0n) is 11.3. The third-order valence-electron chi connectivity index (χ3n) is 4.01. The molecule has 96 valence electrons. The van der Waals surface area contributed by atoms with Crippen LogP contribution in [-0.4, -0.2) is 53.3 Å². The molecule has 0 aliphatic carbocycles. The van der Waals surface area contributed by atoms with Crippen LogP contribution in [0.5, 0.6) is 0 Å². The molecule has 1 atom stereocenters. The molecule has 18 heavy (non-hydrogen) atoms. The van der Waals surface area contributed by atoms with Gasteiger partial charge in [-0.25, -0.2) is 0 Å². The van der Waals surface area contributed by atoms with Gasteiger partial charge in [0.15, 0.2) is 0 Å². The van der Waals surface area contributed by atoms with Crippen molar-refractivity contribution in [3.8, 4) is 0 Å². The fourth-order valence-corrected chi connectivity index (χ4v) is 2.76. The van der Waals surface area contributed by atoms with Crippen molar-refractivity contribution >= 4 is 10.9 Å². The molecule has 1 aromatic heterocycles. The number of hydrogen-bond acceptors (Lipinski definition) is 3. The molecule has 0 N–H and O–H groups in total. The second-order valence-corrected chi connectivity index (χ2v) is 5.35. The smallest absolute Gasteiger partial charge is 0.0679 e. The first-order chi connectivity index (χ1) is 8.65. The van der Waals surface area contributed by atoms with Gasteiger partial charge in [0.05, 0.1) is 11.7 Å². The van der Waals surface area contributed by atoms with E-state index in [4.69, 9.17) is 0 Å². The third-order valence-corrected chi connectivity index (χ3v) is 4.01. The molecular formula is C14H20N4. The van der Waals surface area contributed by atoms with E-state index in [-0.39, 0.29) is 0 Å². The Morgan fingerprint density at radius 3 is 2.83 bits per heavy atom. The number of piperazine rings is 1. The molecule has 1 aromatic carbocycles. The fraction of sp³-hybridized carbons (Fsp3) is 0.500. The lowest BCUT2D eigenvalue weighted by molar-refractivity contribution is 0.115. The average Bonchev–Trinajstić information content (AvgIpc) is 2.74. The molecule has 1 fully saturated rings. The van der Waals surface area contributed by atoms with Gasteiger partial charge in [-0.2, -0.15) is 5.10 Å². The van der Waals surface area contributed by atoms with E-state index < -0.39 is 0 Å². The van der Waals surface area contributed by atoms with E-state index in [2.05, 4.69) is 47.2 Å². The number of nitrogens with zero attached hydrogens (tertiary/aromatic N) is 4. The van der Waals surface area contributed by atoms with Gasteiger partial charge in [-0.3, -0.25) is 9.58 Å². The summed E-state index contributed by atoms with van der Waals surface area (Å²) in [7, 11) is 6.40. The van der Waals surface area contributed by atoms with Crippen LogP contribution in [-0.2, 0) is 7.05 Å². The lowest BCUT2D eigenvalue weighted by Gasteiger charge is -2.38. The maximum Gasteiger partial charge on any atom is 0.0679 e. The highest BCUT2D eigenvalue weighted by Gasteiger charge is 2.23. The van der Waals surface area contributed by atoms with Crippen LogP contribution in [0.2, 0.25) is 0 Å². The Hall–Kier alpha value is -1.39. The second kappa shape index (κ2) is 4.37. The van der Waals surface area contributed by atoms with Crippen molar-refractivity contribution in [2.45, 2.75) is 6.04 Å². The zero-order chi connectivity index (χ0) is 12.7. The van der Waals surface area contributed by atoms with Crippen LogP contribution in [0.3, 0.4) is 0 Å². The molecule has 0 bridgehead atoms.